The van der Waals surface area contributed by atoms with E-state index in [-0.39, 0.29) is 5.88 Å². The van der Waals surface area contributed by atoms with Crippen molar-refractivity contribution >= 4 is 46.4 Å². The molecular formula is C9H8Cl4. The van der Waals surface area contributed by atoms with Crippen LogP contribution >= 0.6 is 46.4 Å². The molecule has 0 spiro atoms. The highest BCUT2D eigenvalue weighted by atomic mass is 35.5. The smallest absolute Gasteiger partial charge is 0.123 e. The molecule has 0 fully saturated rings. The molecule has 0 saturated heterocycles. The molecule has 1 rings (SSSR count). The lowest BCUT2D eigenvalue weighted by molar-refractivity contribution is 0.965. The Labute approximate surface area is 97.7 Å². The Morgan fingerprint density at radius 3 is 2.23 bits per heavy atom. The summed E-state index contributed by atoms with van der Waals surface area (Å²) in [5.74, 6) is 0.526. The molecule has 0 bridgehead atoms. The van der Waals surface area contributed by atoms with Crippen LogP contribution < -0.4 is 0 Å². The van der Waals surface area contributed by atoms with E-state index in [9.17, 15) is 0 Å². The van der Waals surface area contributed by atoms with Crippen molar-refractivity contribution in [3.8, 4) is 0 Å². The molecular weight excluding hydrogens is 250 g/mol. The van der Waals surface area contributed by atoms with E-state index in [0.29, 0.717) is 5.88 Å². The third-order valence-corrected chi connectivity index (χ3v) is 3.36. The molecule has 0 N–H and O–H groups in total. The van der Waals surface area contributed by atoms with Gasteiger partial charge in [-0.3, -0.25) is 0 Å². The molecule has 0 aliphatic carbocycles. The van der Waals surface area contributed by atoms with E-state index < -0.39 is 4.33 Å². The van der Waals surface area contributed by atoms with Crippen LogP contribution in [-0.4, -0.2) is 5.88 Å². The van der Waals surface area contributed by atoms with E-state index in [1.165, 1.54) is 0 Å². The minimum Gasteiger partial charge on any atom is -0.123 e. The Balaban J connectivity index is 3.12. The predicted octanol–water partition coefficient (Wildman–Crippen LogP) is 4.29. The van der Waals surface area contributed by atoms with Crippen LogP contribution in [0.1, 0.15) is 11.1 Å². The van der Waals surface area contributed by atoms with Gasteiger partial charge in [0.15, 0.2) is 4.33 Å². The minimum atomic E-state index is -1.05. The molecule has 0 unspecified atom stereocenters. The van der Waals surface area contributed by atoms with Gasteiger partial charge in [-0.25, -0.2) is 0 Å². The Morgan fingerprint density at radius 1 is 1.08 bits per heavy atom. The van der Waals surface area contributed by atoms with Crippen molar-refractivity contribution < 1.29 is 0 Å². The SMILES string of the molecule is ClCc1ccccc1C(Cl)(Cl)CCl. The molecule has 1 aromatic carbocycles. The second-order valence-corrected chi connectivity index (χ2v) is 4.65. The monoisotopic (exact) mass is 256 g/mol. The summed E-state index contributed by atoms with van der Waals surface area (Å²) in [4.78, 5) is 0. The second-order valence-electron chi connectivity index (χ2n) is 2.63. The predicted molar refractivity (Wildman–Crippen MR) is 60.1 cm³/mol. The maximum Gasteiger partial charge on any atom is 0.156 e. The van der Waals surface area contributed by atoms with Gasteiger partial charge in [-0.1, -0.05) is 47.5 Å². The normalized spacial score (nSPS) is 11.7. The molecule has 13 heavy (non-hydrogen) atoms. The van der Waals surface area contributed by atoms with Gasteiger partial charge < -0.3 is 0 Å². The van der Waals surface area contributed by atoms with Gasteiger partial charge in [-0.15, -0.1) is 23.2 Å². The first-order chi connectivity index (χ1) is 6.11. The molecule has 0 nitrogen and oxygen atoms in total. The van der Waals surface area contributed by atoms with Crippen molar-refractivity contribution in [3.05, 3.63) is 35.4 Å². The Bertz CT molecular complexity index is 283. The molecule has 0 heterocycles. The first-order valence-electron chi connectivity index (χ1n) is 3.70. The first kappa shape index (κ1) is 11.5. The molecule has 4 heteroatoms. The van der Waals surface area contributed by atoms with Gasteiger partial charge in [0.2, 0.25) is 0 Å². The zero-order valence-corrected chi connectivity index (χ0v) is 9.76. The Hall–Kier alpha value is 0.380. The molecule has 72 valence electrons. The largest absolute Gasteiger partial charge is 0.156 e. The third kappa shape index (κ3) is 2.66. The van der Waals surface area contributed by atoms with Crippen molar-refractivity contribution in [2.75, 3.05) is 5.88 Å². The van der Waals surface area contributed by atoms with Gasteiger partial charge >= 0.3 is 0 Å². The van der Waals surface area contributed by atoms with Crippen molar-refractivity contribution in [3.63, 3.8) is 0 Å². The number of halogens is 4. The summed E-state index contributed by atoms with van der Waals surface area (Å²) in [6.45, 7) is 0. The molecule has 0 atom stereocenters. The topological polar surface area (TPSA) is 0 Å². The standard InChI is InChI=1S/C9H8Cl4/c10-5-7-3-1-2-4-8(7)9(12,13)6-11/h1-4H,5-6H2. The number of rotatable bonds is 3. The van der Waals surface area contributed by atoms with E-state index in [1.807, 2.05) is 24.3 Å². The fourth-order valence-electron chi connectivity index (χ4n) is 1.07. The quantitative estimate of drug-likeness (QED) is 0.709. The summed E-state index contributed by atoms with van der Waals surface area (Å²) in [6, 6.07) is 7.46. The van der Waals surface area contributed by atoms with E-state index in [0.717, 1.165) is 11.1 Å². The van der Waals surface area contributed by atoms with E-state index >= 15 is 0 Å². The second kappa shape index (κ2) is 4.75. The van der Waals surface area contributed by atoms with Gasteiger partial charge in [0.25, 0.3) is 0 Å². The lowest BCUT2D eigenvalue weighted by atomic mass is 10.1. The van der Waals surface area contributed by atoms with Crippen molar-refractivity contribution in [1.29, 1.82) is 0 Å². The van der Waals surface area contributed by atoms with Gasteiger partial charge in [-0.05, 0) is 11.1 Å². The number of alkyl halides is 4. The Kier molecular flexibility index (Phi) is 4.18. The molecule has 0 aliphatic heterocycles. The van der Waals surface area contributed by atoms with Crippen LogP contribution in [0.15, 0.2) is 24.3 Å². The van der Waals surface area contributed by atoms with Crippen LogP contribution in [0, 0.1) is 0 Å². The van der Waals surface area contributed by atoms with Crippen molar-refractivity contribution in [1.82, 2.24) is 0 Å². The third-order valence-electron chi connectivity index (χ3n) is 1.72. The number of benzene rings is 1. The van der Waals surface area contributed by atoms with Gasteiger partial charge in [-0.2, -0.15) is 0 Å². The maximum atomic E-state index is 6.00. The highest BCUT2D eigenvalue weighted by Gasteiger charge is 2.27. The molecule has 1 aromatic rings. The zero-order chi connectivity index (χ0) is 9.90. The molecule has 0 aromatic heterocycles. The zero-order valence-electron chi connectivity index (χ0n) is 6.74. The van der Waals surface area contributed by atoms with Crippen molar-refractivity contribution in [2.45, 2.75) is 10.2 Å². The summed E-state index contributed by atoms with van der Waals surface area (Å²) >= 11 is 23.4. The summed E-state index contributed by atoms with van der Waals surface area (Å²) in [5.41, 5.74) is 1.69. The van der Waals surface area contributed by atoms with Gasteiger partial charge in [0, 0.05) is 5.88 Å². The lowest BCUT2D eigenvalue weighted by Gasteiger charge is -2.19. The average molecular weight is 258 g/mol. The fraction of sp³-hybridized carbons (Fsp3) is 0.333. The first-order valence-corrected chi connectivity index (χ1v) is 5.52. The van der Waals surface area contributed by atoms with Gasteiger partial charge in [0.1, 0.15) is 0 Å². The summed E-state index contributed by atoms with van der Waals surface area (Å²) < 4.78 is -1.05. The molecule has 0 amide bonds. The molecule has 0 aliphatic rings. The van der Waals surface area contributed by atoms with Crippen LogP contribution in [0.5, 0.6) is 0 Å². The van der Waals surface area contributed by atoms with E-state index in [2.05, 4.69) is 0 Å². The Morgan fingerprint density at radius 2 is 1.69 bits per heavy atom. The number of hydrogen-bond donors (Lipinski definition) is 0. The summed E-state index contributed by atoms with van der Waals surface area (Å²) in [5, 5.41) is 0. The molecule has 0 saturated carbocycles. The van der Waals surface area contributed by atoms with Crippen LogP contribution in [-0.2, 0) is 10.2 Å². The highest BCUT2D eigenvalue weighted by Crippen LogP contribution is 2.37. The van der Waals surface area contributed by atoms with Gasteiger partial charge in [0.05, 0.1) is 5.88 Å². The van der Waals surface area contributed by atoms with Crippen molar-refractivity contribution in [2.24, 2.45) is 0 Å². The van der Waals surface area contributed by atoms with Crippen LogP contribution in [0.2, 0.25) is 0 Å². The highest BCUT2D eigenvalue weighted by molar-refractivity contribution is 6.51. The van der Waals surface area contributed by atoms with Crippen LogP contribution in [0.25, 0.3) is 0 Å². The summed E-state index contributed by atoms with van der Waals surface area (Å²) in [7, 11) is 0. The van der Waals surface area contributed by atoms with Crippen LogP contribution in [0.3, 0.4) is 0 Å². The molecule has 0 radical (unpaired) electrons. The fourth-order valence-corrected chi connectivity index (χ4v) is 1.81. The number of hydrogen-bond acceptors (Lipinski definition) is 0. The van der Waals surface area contributed by atoms with E-state index in [4.69, 9.17) is 46.4 Å². The summed E-state index contributed by atoms with van der Waals surface area (Å²) in [6.07, 6.45) is 0. The van der Waals surface area contributed by atoms with Crippen LogP contribution in [0.4, 0.5) is 0 Å². The maximum absolute atomic E-state index is 6.00. The average Bonchev–Trinajstić information content (AvgIpc) is 2.18. The lowest BCUT2D eigenvalue weighted by Crippen LogP contribution is -2.14. The minimum absolute atomic E-state index is 0.143. The van der Waals surface area contributed by atoms with E-state index in [1.54, 1.807) is 0 Å².